The number of aromatic hydroxyl groups is 1. The summed E-state index contributed by atoms with van der Waals surface area (Å²) in [6.07, 6.45) is -0.789. The van der Waals surface area contributed by atoms with Crippen LogP contribution in [-0.4, -0.2) is 18.6 Å². The largest absolute Gasteiger partial charge is 0.508 e. The van der Waals surface area contributed by atoms with Gasteiger partial charge in [0.2, 0.25) is 9.84 Å². The predicted octanol–water partition coefficient (Wildman–Crippen LogP) is 5.09. The molecule has 0 radical (unpaired) electrons. The number of aliphatic hydroxyl groups is 1. The minimum absolute atomic E-state index is 0.00917. The first kappa shape index (κ1) is 20.8. The zero-order valence-corrected chi connectivity index (χ0v) is 17.5. The standard InChI is InChI=1S/C26H22O4S/c27-22-13-17-24(18-14-22)31(29,30)23-15-11-20(12-16-23)25(19-7-3-1-4-8-19)26(28)21-9-5-2-6-10-21/h1-18,25-28H. The molecule has 4 aromatic rings. The van der Waals surface area contributed by atoms with Gasteiger partial charge in [0.05, 0.1) is 15.9 Å². The van der Waals surface area contributed by atoms with Crippen LogP contribution in [0.1, 0.15) is 28.7 Å². The zero-order valence-electron chi connectivity index (χ0n) is 16.7. The molecule has 4 aromatic carbocycles. The van der Waals surface area contributed by atoms with Gasteiger partial charge in [0.1, 0.15) is 5.75 Å². The van der Waals surface area contributed by atoms with Crippen molar-refractivity contribution in [1.82, 2.24) is 0 Å². The maximum atomic E-state index is 12.9. The molecule has 5 heteroatoms. The SMILES string of the molecule is O=S(=O)(c1ccc(O)cc1)c1ccc(C(c2ccccc2)C(O)c2ccccc2)cc1. The Hall–Kier alpha value is -3.41. The smallest absolute Gasteiger partial charge is 0.206 e. The van der Waals surface area contributed by atoms with Gasteiger partial charge in [0.25, 0.3) is 0 Å². The molecule has 2 N–H and O–H groups in total. The van der Waals surface area contributed by atoms with Gasteiger partial charge in [-0.3, -0.25) is 0 Å². The van der Waals surface area contributed by atoms with Crippen molar-refractivity contribution in [2.45, 2.75) is 21.8 Å². The average molecular weight is 431 g/mol. The van der Waals surface area contributed by atoms with E-state index in [-0.39, 0.29) is 21.5 Å². The summed E-state index contributed by atoms with van der Waals surface area (Å²) in [7, 11) is -3.71. The fourth-order valence-corrected chi connectivity index (χ4v) is 4.94. The van der Waals surface area contributed by atoms with E-state index in [1.165, 1.54) is 24.3 Å². The summed E-state index contributed by atoms with van der Waals surface area (Å²) in [6.45, 7) is 0. The lowest BCUT2D eigenvalue weighted by Crippen LogP contribution is -2.13. The van der Waals surface area contributed by atoms with E-state index < -0.39 is 15.9 Å². The van der Waals surface area contributed by atoms with Crippen molar-refractivity contribution in [2.75, 3.05) is 0 Å². The average Bonchev–Trinajstić information content (AvgIpc) is 2.81. The van der Waals surface area contributed by atoms with E-state index in [2.05, 4.69) is 0 Å². The van der Waals surface area contributed by atoms with Crippen molar-refractivity contribution in [3.63, 3.8) is 0 Å². The fourth-order valence-electron chi connectivity index (χ4n) is 3.68. The van der Waals surface area contributed by atoms with Gasteiger partial charge >= 0.3 is 0 Å². The van der Waals surface area contributed by atoms with Gasteiger partial charge in [-0.25, -0.2) is 8.42 Å². The van der Waals surface area contributed by atoms with Crippen molar-refractivity contribution >= 4 is 9.84 Å². The van der Waals surface area contributed by atoms with E-state index in [0.717, 1.165) is 16.7 Å². The van der Waals surface area contributed by atoms with Crippen LogP contribution in [0.4, 0.5) is 0 Å². The van der Waals surface area contributed by atoms with Crippen LogP contribution in [0.2, 0.25) is 0 Å². The van der Waals surface area contributed by atoms with Crippen LogP contribution in [0.15, 0.2) is 119 Å². The Morgan fingerprint density at radius 1 is 0.548 bits per heavy atom. The molecule has 4 rings (SSSR count). The third-order valence-electron chi connectivity index (χ3n) is 5.31. The van der Waals surface area contributed by atoms with E-state index in [4.69, 9.17) is 0 Å². The van der Waals surface area contributed by atoms with Gasteiger partial charge in [-0.05, 0) is 53.1 Å². The topological polar surface area (TPSA) is 74.6 Å². The Bertz CT molecular complexity index is 1230. The number of phenolic OH excluding ortho intramolecular Hbond substituents is 1. The number of hydrogen-bond donors (Lipinski definition) is 2. The monoisotopic (exact) mass is 430 g/mol. The molecule has 0 saturated carbocycles. The predicted molar refractivity (Wildman–Crippen MR) is 120 cm³/mol. The van der Waals surface area contributed by atoms with Crippen LogP contribution in [0.5, 0.6) is 5.75 Å². The Morgan fingerprint density at radius 3 is 1.48 bits per heavy atom. The molecule has 156 valence electrons. The summed E-state index contributed by atoms with van der Waals surface area (Å²) >= 11 is 0. The summed E-state index contributed by atoms with van der Waals surface area (Å²) in [5, 5.41) is 20.6. The lowest BCUT2D eigenvalue weighted by atomic mass is 9.84. The van der Waals surface area contributed by atoms with Gasteiger partial charge < -0.3 is 10.2 Å². The molecule has 31 heavy (non-hydrogen) atoms. The molecule has 2 unspecified atom stereocenters. The second-order valence-electron chi connectivity index (χ2n) is 7.31. The number of rotatable bonds is 6. The minimum atomic E-state index is -3.71. The molecule has 0 spiro atoms. The lowest BCUT2D eigenvalue weighted by molar-refractivity contribution is 0.159. The highest BCUT2D eigenvalue weighted by atomic mass is 32.2. The van der Waals surface area contributed by atoms with Crippen molar-refractivity contribution in [3.8, 4) is 5.75 Å². The number of aliphatic hydroxyl groups excluding tert-OH is 1. The maximum Gasteiger partial charge on any atom is 0.206 e. The minimum Gasteiger partial charge on any atom is -0.508 e. The summed E-state index contributed by atoms with van der Waals surface area (Å²) in [4.78, 5) is 0.268. The summed E-state index contributed by atoms with van der Waals surface area (Å²) < 4.78 is 25.8. The molecular weight excluding hydrogens is 408 g/mol. The number of benzene rings is 4. The van der Waals surface area contributed by atoms with Crippen molar-refractivity contribution in [3.05, 3.63) is 126 Å². The molecule has 0 amide bonds. The molecule has 0 bridgehead atoms. The summed E-state index contributed by atoms with van der Waals surface area (Å²) in [5.74, 6) is -0.344. The maximum absolute atomic E-state index is 12.9. The number of sulfone groups is 1. The van der Waals surface area contributed by atoms with E-state index in [1.807, 2.05) is 60.7 Å². The molecule has 0 aliphatic rings. The van der Waals surface area contributed by atoms with E-state index >= 15 is 0 Å². The van der Waals surface area contributed by atoms with Crippen LogP contribution >= 0.6 is 0 Å². The van der Waals surface area contributed by atoms with Crippen molar-refractivity contribution in [1.29, 1.82) is 0 Å². The third kappa shape index (κ3) is 4.38. The Balaban J connectivity index is 1.72. The van der Waals surface area contributed by atoms with Gasteiger partial charge in [-0.15, -0.1) is 0 Å². The van der Waals surface area contributed by atoms with Gasteiger partial charge in [-0.1, -0.05) is 72.8 Å². The Morgan fingerprint density at radius 2 is 0.968 bits per heavy atom. The Kier molecular flexibility index (Phi) is 5.89. The van der Waals surface area contributed by atoms with Crippen LogP contribution in [0, 0.1) is 0 Å². The number of phenols is 1. The van der Waals surface area contributed by atoms with E-state index in [0.29, 0.717) is 0 Å². The van der Waals surface area contributed by atoms with E-state index in [1.54, 1.807) is 24.3 Å². The molecule has 4 nitrogen and oxygen atoms in total. The van der Waals surface area contributed by atoms with Crippen LogP contribution < -0.4 is 0 Å². The molecule has 0 aliphatic carbocycles. The zero-order chi connectivity index (χ0) is 21.8. The molecule has 0 aromatic heterocycles. The number of hydrogen-bond acceptors (Lipinski definition) is 4. The lowest BCUT2D eigenvalue weighted by Gasteiger charge is -2.24. The van der Waals surface area contributed by atoms with Gasteiger partial charge in [-0.2, -0.15) is 0 Å². The van der Waals surface area contributed by atoms with Crippen LogP contribution in [0.25, 0.3) is 0 Å². The highest BCUT2D eigenvalue weighted by Crippen LogP contribution is 2.37. The van der Waals surface area contributed by atoms with Crippen LogP contribution in [0.3, 0.4) is 0 Å². The first-order valence-corrected chi connectivity index (χ1v) is 11.4. The quantitative estimate of drug-likeness (QED) is 0.447. The normalized spacial score (nSPS) is 13.5. The molecule has 2 atom stereocenters. The van der Waals surface area contributed by atoms with Gasteiger partial charge in [0, 0.05) is 5.92 Å². The Labute approximate surface area is 182 Å². The second-order valence-corrected chi connectivity index (χ2v) is 9.26. The first-order chi connectivity index (χ1) is 15.0. The second kappa shape index (κ2) is 8.76. The van der Waals surface area contributed by atoms with Crippen LogP contribution in [-0.2, 0) is 9.84 Å². The highest BCUT2D eigenvalue weighted by Gasteiger charge is 2.25. The van der Waals surface area contributed by atoms with E-state index in [9.17, 15) is 18.6 Å². The van der Waals surface area contributed by atoms with Gasteiger partial charge in [0.15, 0.2) is 0 Å². The van der Waals surface area contributed by atoms with Crippen molar-refractivity contribution in [2.24, 2.45) is 0 Å². The molecule has 0 heterocycles. The molecule has 0 saturated heterocycles. The highest BCUT2D eigenvalue weighted by molar-refractivity contribution is 7.91. The molecule has 0 aliphatic heterocycles. The molecular formula is C26H22O4S. The third-order valence-corrected chi connectivity index (χ3v) is 7.10. The summed E-state index contributed by atoms with van der Waals surface area (Å²) in [5.41, 5.74) is 2.54. The molecule has 0 fully saturated rings. The summed E-state index contributed by atoms with van der Waals surface area (Å²) in [6, 6.07) is 31.2. The van der Waals surface area contributed by atoms with Crippen molar-refractivity contribution < 1.29 is 18.6 Å². The fraction of sp³-hybridized carbons (Fsp3) is 0.0769. The first-order valence-electron chi connectivity index (χ1n) is 9.89.